The topological polar surface area (TPSA) is 54.9 Å². The highest BCUT2D eigenvalue weighted by atomic mass is 35.5. The Morgan fingerprint density at radius 2 is 1.89 bits per heavy atom. The third-order valence-corrected chi connectivity index (χ3v) is 3.52. The van der Waals surface area contributed by atoms with Gasteiger partial charge in [0.1, 0.15) is 5.15 Å². The third-order valence-electron chi connectivity index (χ3n) is 3.20. The lowest BCUT2D eigenvalue weighted by molar-refractivity contribution is 0.343. The van der Waals surface area contributed by atoms with Gasteiger partial charge in [-0.3, -0.25) is 14.3 Å². The van der Waals surface area contributed by atoms with Gasteiger partial charge in [-0.05, 0) is 18.8 Å². The van der Waals surface area contributed by atoms with Gasteiger partial charge in [-0.1, -0.05) is 45.7 Å². The van der Waals surface area contributed by atoms with Crippen LogP contribution in [0.5, 0.6) is 0 Å². The molecule has 1 aromatic heterocycles. The van der Waals surface area contributed by atoms with Crippen LogP contribution in [0.15, 0.2) is 9.59 Å². The van der Waals surface area contributed by atoms with Crippen molar-refractivity contribution in [3.05, 3.63) is 31.6 Å². The zero-order valence-corrected chi connectivity index (χ0v) is 12.2. The predicted octanol–water partition coefficient (Wildman–Crippen LogP) is 2.75. The minimum atomic E-state index is -0.412. The first-order valence-corrected chi connectivity index (χ1v) is 6.84. The van der Waals surface area contributed by atoms with Crippen molar-refractivity contribution in [3.63, 3.8) is 0 Å². The Bertz CT molecular complexity index is 517. The lowest BCUT2D eigenvalue weighted by Gasteiger charge is -2.21. The summed E-state index contributed by atoms with van der Waals surface area (Å²) >= 11 is 5.94. The highest BCUT2D eigenvalue weighted by Gasteiger charge is 2.20. The normalized spacial score (nSPS) is 13.0. The summed E-state index contributed by atoms with van der Waals surface area (Å²) in [6.07, 6.45) is 2.15. The molecular formula is C13H21ClN2O2. The molecule has 1 aromatic rings. The number of rotatable bonds is 5. The summed E-state index contributed by atoms with van der Waals surface area (Å²) in [6, 6.07) is -0.0888. The summed E-state index contributed by atoms with van der Waals surface area (Å²) in [5, 5.41) is 0.182. The van der Waals surface area contributed by atoms with Crippen molar-refractivity contribution in [3.8, 4) is 0 Å². The van der Waals surface area contributed by atoms with Gasteiger partial charge in [-0.15, -0.1) is 0 Å². The van der Waals surface area contributed by atoms with Crippen LogP contribution in [-0.4, -0.2) is 9.55 Å². The Morgan fingerprint density at radius 1 is 1.28 bits per heavy atom. The first-order valence-electron chi connectivity index (χ1n) is 6.47. The van der Waals surface area contributed by atoms with E-state index in [4.69, 9.17) is 11.6 Å². The van der Waals surface area contributed by atoms with Gasteiger partial charge >= 0.3 is 5.69 Å². The number of hydrogen-bond donors (Lipinski definition) is 1. The van der Waals surface area contributed by atoms with Crippen molar-refractivity contribution in [2.24, 2.45) is 5.92 Å². The molecule has 0 aliphatic carbocycles. The van der Waals surface area contributed by atoms with E-state index >= 15 is 0 Å². The van der Waals surface area contributed by atoms with Gasteiger partial charge in [-0.25, -0.2) is 4.79 Å². The Kier molecular flexibility index (Phi) is 5.20. The Hall–Kier alpha value is -1.03. The van der Waals surface area contributed by atoms with E-state index in [1.165, 1.54) is 4.57 Å². The molecule has 0 fully saturated rings. The predicted molar refractivity (Wildman–Crippen MR) is 74.5 cm³/mol. The third kappa shape index (κ3) is 2.86. The molecule has 0 spiro atoms. The van der Waals surface area contributed by atoms with Gasteiger partial charge in [0.2, 0.25) is 0 Å². The van der Waals surface area contributed by atoms with E-state index in [9.17, 15) is 9.59 Å². The molecule has 1 heterocycles. The average molecular weight is 273 g/mol. The minimum absolute atomic E-state index is 0.0888. The monoisotopic (exact) mass is 272 g/mol. The number of nitrogens with one attached hydrogen (secondary N) is 1. The van der Waals surface area contributed by atoms with E-state index in [0.717, 1.165) is 12.8 Å². The van der Waals surface area contributed by atoms with Gasteiger partial charge in [0.05, 0.1) is 5.56 Å². The average Bonchev–Trinajstić information content (AvgIpc) is 2.29. The number of aromatic nitrogens is 2. The zero-order valence-electron chi connectivity index (χ0n) is 11.4. The Labute approximate surface area is 112 Å². The standard InChI is InChI=1S/C13H21ClN2O2/c1-5-7-9-11(14)15-13(18)16(12(9)17)10(6-2)8(3)4/h8,10H,5-7H2,1-4H3,(H,15,18). The molecule has 0 aliphatic rings. The lowest BCUT2D eigenvalue weighted by Crippen LogP contribution is -2.41. The molecule has 0 aliphatic heterocycles. The largest absolute Gasteiger partial charge is 0.329 e. The summed E-state index contributed by atoms with van der Waals surface area (Å²) in [7, 11) is 0. The second-order valence-corrected chi connectivity index (χ2v) is 5.25. The van der Waals surface area contributed by atoms with E-state index in [0.29, 0.717) is 12.0 Å². The number of halogens is 1. The van der Waals surface area contributed by atoms with E-state index in [1.807, 2.05) is 27.7 Å². The highest BCUT2D eigenvalue weighted by molar-refractivity contribution is 6.30. The Balaban J connectivity index is 3.49. The molecule has 0 saturated carbocycles. The van der Waals surface area contributed by atoms with Crippen molar-refractivity contribution in [2.45, 2.75) is 53.0 Å². The molecule has 1 N–H and O–H groups in total. The molecule has 1 atom stereocenters. The van der Waals surface area contributed by atoms with E-state index in [2.05, 4.69) is 4.98 Å². The second kappa shape index (κ2) is 6.23. The summed E-state index contributed by atoms with van der Waals surface area (Å²) < 4.78 is 1.32. The van der Waals surface area contributed by atoms with Gasteiger partial charge in [0.15, 0.2) is 0 Å². The summed E-state index contributed by atoms with van der Waals surface area (Å²) in [5.74, 6) is 0.226. The van der Waals surface area contributed by atoms with Crippen LogP contribution in [-0.2, 0) is 6.42 Å². The van der Waals surface area contributed by atoms with E-state index in [1.54, 1.807) is 0 Å². The number of aromatic amines is 1. The SMILES string of the molecule is CCCc1c(Cl)[nH]c(=O)n(C(CC)C(C)C)c1=O. The van der Waals surface area contributed by atoms with Crippen LogP contribution < -0.4 is 11.2 Å². The van der Waals surface area contributed by atoms with Crippen LogP contribution >= 0.6 is 11.6 Å². The fourth-order valence-electron chi connectivity index (χ4n) is 2.28. The van der Waals surface area contributed by atoms with Crippen LogP contribution in [0.2, 0.25) is 5.15 Å². The molecule has 0 amide bonds. The van der Waals surface area contributed by atoms with Gasteiger partial charge in [0.25, 0.3) is 5.56 Å². The smallest absolute Gasteiger partial charge is 0.297 e. The molecule has 0 radical (unpaired) electrons. The van der Waals surface area contributed by atoms with Gasteiger partial charge in [0, 0.05) is 6.04 Å². The molecule has 0 bridgehead atoms. The van der Waals surface area contributed by atoms with Crippen molar-refractivity contribution in [1.82, 2.24) is 9.55 Å². The van der Waals surface area contributed by atoms with E-state index in [-0.39, 0.29) is 22.7 Å². The van der Waals surface area contributed by atoms with Crippen LogP contribution in [0.1, 0.15) is 52.1 Å². The van der Waals surface area contributed by atoms with Crippen LogP contribution in [0.4, 0.5) is 0 Å². The summed E-state index contributed by atoms with van der Waals surface area (Å²) in [6.45, 7) is 7.97. The Morgan fingerprint density at radius 3 is 2.33 bits per heavy atom. The van der Waals surface area contributed by atoms with E-state index < -0.39 is 5.69 Å². The maximum absolute atomic E-state index is 12.4. The van der Waals surface area contributed by atoms with Crippen molar-refractivity contribution in [2.75, 3.05) is 0 Å². The molecule has 1 unspecified atom stereocenters. The molecular weight excluding hydrogens is 252 g/mol. The first kappa shape index (κ1) is 15.0. The lowest BCUT2D eigenvalue weighted by atomic mass is 10.0. The van der Waals surface area contributed by atoms with Crippen molar-refractivity contribution < 1.29 is 0 Å². The fraction of sp³-hybridized carbons (Fsp3) is 0.692. The summed E-state index contributed by atoms with van der Waals surface area (Å²) in [4.78, 5) is 26.9. The second-order valence-electron chi connectivity index (χ2n) is 4.87. The van der Waals surface area contributed by atoms with Crippen molar-refractivity contribution in [1.29, 1.82) is 0 Å². The molecule has 102 valence electrons. The molecule has 0 saturated heterocycles. The number of H-pyrrole nitrogens is 1. The quantitative estimate of drug-likeness (QED) is 0.838. The van der Waals surface area contributed by atoms with Gasteiger partial charge < -0.3 is 0 Å². The molecule has 1 rings (SSSR count). The van der Waals surface area contributed by atoms with Gasteiger partial charge in [-0.2, -0.15) is 0 Å². The number of nitrogens with zero attached hydrogens (tertiary/aromatic N) is 1. The fourth-order valence-corrected chi connectivity index (χ4v) is 2.54. The number of hydrogen-bond acceptors (Lipinski definition) is 2. The maximum atomic E-state index is 12.4. The van der Waals surface area contributed by atoms with Crippen LogP contribution in [0, 0.1) is 5.92 Å². The summed E-state index contributed by atoms with van der Waals surface area (Å²) in [5.41, 5.74) is -0.144. The zero-order chi connectivity index (χ0) is 13.9. The highest BCUT2D eigenvalue weighted by Crippen LogP contribution is 2.18. The first-order chi connectivity index (χ1) is 8.43. The molecule has 18 heavy (non-hydrogen) atoms. The van der Waals surface area contributed by atoms with Crippen molar-refractivity contribution >= 4 is 11.6 Å². The van der Waals surface area contributed by atoms with Crippen LogP contribution in [0.25, 0.3) is 0 Å². The molecule has 4 nitrogen and oxygen atoms in total. The van der Waals surface area contributed by atoms with Crippen LogP contribution in [0.3, 0.4) is 0 Å². The molecule has 0 aromatic carbocycles. The molecule has 5 heteroatoms. The maximum Gasteiger partial charge on any atom is 0.329 e. The minimum Gasteiger partial charge on any atom is -0.297 e.